The summed E-state index contributed by atoms with van der Waals surface area (Å²) < 4.78 is 1.89. The third-order valence-corrected chi connectivity index (χ3v) is 2.09. The van der Waals surface area contributed by atoms with Gasteiger partial charge in [0.25, 0.3) is 0 Å². The van der Waals surface area contributed by atoms with Crippen molar-refractivity contribution in [3.63, 3.8) is 0 Å². The molecular formula is C11H13N5. The van der Waals surface area contributed by atoms with Crippen molar-refractivity contribution in [1.82, 2.24) is 19.5 Å². The number of allylic oxidation sites excluding steroid dienone is 1. The Morgan fingerprint density at radius 2 is 2.31 bits per heavy atom. The Balaban J connectivity index is 2.53. The fraction of sp³-hybridized carbons (Fsp3) is 0.182. The summed E-state index contributed by atoms with van der Waals surface area (Å²) in [4.78, 5) is 12.5. The SMILES string of the molecule is C=CCNc1ncnc2ncn(/C=C/C)c12. The van der Waals surface area contributed by atoms with Crippen molar-refractivity contribution in [2.75, 3.05) is 11.9 Å². The van der Waals surface area contributed by atoms with Crippen LogP contribution >= 0.6 is 0 Å². The third kappa shape index (κ3) is 1.79. The summed E-state index contributed by atoms with van der Waals surface area (Å²) in [5.74, 6) is 0.764. The van der Waals surface area contributed by atoms with E-state index in [0.717, 1.165) is 11.3 Å². The molecule has 2 rings (SSSR count). The molecule has 0 aliphatic heterocycles. The number of imidazole rings is 1. The van der Waals surface area contributed by atoms with E-state index in [-0.39, 0.29) is 0 Å². The Kier molecular flexibility index (Phi) is 2.95. The highest BCUT2D eigenvalue weighted by Gasteiger charge is 2.07. The van der Waals surface area contributed by atoms with E-state index < -0.39 is 0 Å². The second-order valence-electron chi connectivity index (χ2n) is 3.20. The van der Waals surface area contributed by atoms with Crippen LogP contribution in [0.1, 0.15) is 6.92 Å². The van der Waals surface area contributed by atoms with Gasteiger partial charge in [-0.2, -0.15) is 0 Å². The number of aromatic nitrogens is 4. The maximum absolute atomic E-state index is 4.20. The van der Waals surface area contributed by atoms with E-state index in [1.807, 2.05) is 23.8 Å². The van der Waals surface area contributed by atoms with Gasteiger partial charge >= 0.3 is 0 Å². The molecule has 0 bridgehead atoms. The smallest absolute Gasteiger partial charge is 0.183 e. The molecule has 82 valence electrons. The Morgan fingerprint density at radius 1 is 1.44 bits per heavy atom. The molecular weight excluding hydrogens is 202 g/mol. The molecule has 5 nitrogen and oxygen atoms in total. The van der Waals surface area contributed by atoms with Crippen molar-refractivity contribution in [1.29, 1.82) is 0 Å². The Bertz CT molecular complexity index is 526. The molecule has 0 spiro atoms. The average molecular weight is 215 g/mol. The first-order chi connectivity index (χ1) is 7.86. The lowest BCUT2D eigenvalue weighted by atomic mass is 10.4. The van der Waals surface area contributed by atoms with Gasteiger partial charge in [-0.25, -0.2) is 15.0 Å². The summed E-state index contributed by atoms with van der Waals surface area (Å²) in [7, 11) is 0. The average Bonchev–Trinajstić information content (AvgIpc) is 2.71. The number of nitrogens with zero attached hydrogens (tertiary/aromatic N) is 4. The van der Waals surface area contributed by atoms with Crippen molar-refractivity contribution >= 4 is 23.2 Å². The van der Waals surface area contributed by atoms with Gasteiger partial charge in [0.2, 0.25) is 0 Å². The van der Waals surface area contributed by atoms with Crippen LogP contribution < -0.4 is 5.32 Å². The summed E-state index contributed by atoms with van der Waals surface area (Å²) in [6.07, 6.45) is 8.85. The van der Waals surface area contributed by atoms with Crippen LogP contribution in [0, 0.1) is 0 Å². The van der Waals surface area contributed by atoms with E-state index in [1.165, 1.54) is 6.33 Å². The lowest BCUT2D eigenvalue weighted by molar-refractivity contribution is 1.14. The molecule has 1 N–H and O–H groups in total. The molecule has 0 saturated heterocycles. The zero-order chi connectivity index (χ0) is 11.4. The highest BCUT2D eigenvalue weighted by Crippen LogP contribution is 2.18. The van der Waals surface area contributed by atoms with Gasteiger partial charge in [0.1, 0.15) is 18.2 Å². The summed E-state index contributed by atoms with van der Waals surface area (Å²) in [6.45, 7) is 6.27. The van der Waals surface area contributed by atoms with Crippen LogP contribution in [-0.4, -0.2) is 26.1 Å². The highest BCUT2D eigenvalue weighted by atomic mass is 15.1. The normalized spacial score (nSPS) is 11.1. The topological polar surface area (TPSA) is 55.6 Å². The van der Waals surface area contributed by atoms with E-state index in [1.54, 1.807) is 12.4 Å². The molecule has 0 atom stereocenters. The van der Waals surface area contributed by atoms with E-state index in [9.17, 15) is 0 Å². The van der Waals surface area contributed by atoms with Crippen molar-refractivity contribution in [3.05, 3.63) is 31.4 Å². The zero-order valence-corrected chi connectivity index (χ0v) is 9.09. The largest absolute Gasteiger partial charge is 0.365 e. The number of fused-ring (bicyclic) bond motifs is 1. The van der Waals surface area contributed by atoms with Gasteiger partial charge in [0, 0.05) is 12.7 Å². The van der Waals surface area contributed by atoms with Crippen LogP contribution in [0.25, 0.3) is 17.4 Å². The van der Waals surface area contributed by atoms with E-state index in [4.69, 9.17) is 0 Å². The predicted octanol–water partition coefficient (Wildman–Crippen LogP) is 1.91. The van der Waals surface area contributed by atoms with E-state index >= 15 is 0 Å². The minimum absolute atomic E-state index is 0.660. The highest BCUT2D eigenvalue weighted by molar-refractivity contribution is 5.84. The maximum Gasteiger partial charge on any atom is 0.183 e. The quantitative estimate of drug-likeness (QED) is 0.791. The molecule has 0 unspecified atom stereocenters. The summed E-state index contributed by atoms with van der Waals surface area (Å²) in [5, 5.41) is 3.16. The molecule has 0 aliphatic carbocycles. The van der Waals surface area contributed by atoms with Gasteiger partial charge in [-0.05, 0) is 6.92 Å². The molecule has 0 saturated carbocycles. The summed E-state index contributed by atoms with van der Waals surface area (Å²) >= 11 is 0. The minimum atomic E-state index is 0.660. The molecule has 0 amide bonds. The third-order valence-electron chi connectivity index (χ3n) is 2.09. The van der Waals surface area contributed by atoms with Crippen LogP contribution in [0.4, 0.5) is 5.82 Å². The molecule has 0 aromatic carbocycles. The van der Waals surface area contributed by atoms with Crippen LogP contribution in [0.5, 0.6) is 0 Å². The lowest BCUT2D eigenvalue weighted by Gasteiger charge is -2.04. The predicted molar refractivity (Wildman–Crippen MR) is 65.0 cm³/mol. The van der Waals surface area contributed by atoms with Crippen LogP contribution in [-0.2, 0) is 0 Å². The summed E-state index contributed by atoms with van der Waals surface area (Å²) in [5.41, 5.74) is 1.56. The van der Waals surface area contributed by atoms with Crippen molar-refractivity contribution < 1.29 is 0 Å². The van der Waals surface area contributed by atoms with Gasteiger partial charge in [-0.15, -0.1) is 6.58 Å². The number of hydrogen-bond acceptors (Lipinski definition) is 4. The van der Waals surface area contributed by atoms with Gasteiger partial charge < -0.3 is 9.88 Å². The van der Waals surface area contributed by atoms with Crippen molar-refractivity contribution in [2.24, 2.45) is 0 Å². The molecule has 16 heavy (non-hydrogen) atoms. The Labute approximate surface area is 93.6 Å². The standard InChI is InChI=1S/C11H13N5/c1-3-5-12-10-9-11(14-7-13-10)15-8-16(9)6-4-2/h3-4,6-8H,1,5H2,2H3,(H,12,13,14)/b6-4+. The maximum atomic E-state index is 4.20. The molecule has 2 aromatic rings. The van der Waals surface area contributed by atoms with Crippen LogP contribution in [0.3, 0.4) is 0 Å². The monoisotopic (exact) mass is 215 g/mol. The first kappa shape index (κ1) is 10.4. The molecule has 0 radical (unpaired) electrons. The van der Waals surface area contributed by atoms with Crippen molar-refractivity contribution in [3.8, 4) is 0 Å². The zero-order valence-electron chi connectivity index (χ0n) is 9.09. The number of nitrogens with one attached hydrogen (secondary N) is 1. The second kappa shape index (κ2) is 4.57. The fourth-order valence-corrected chi connectivity index (χ4v) is 1.45. The lowest BCUT2D eigenvalue weighted by Crippen LogP contribution is -2.02. The first-order valence-electron chi connectivity index (χ1n) is 5.02. The van der Waals surface area contributed by atoms with Gasteiger partial charge in [0.15, 0.2) is 11.5 Å². The molecule has 0 fully saturated rings. The molecule has 0 aliphatic rings. The second-order valence-corrected chi connectivity index (χ2v) is 3.20. The Hall–Kier alpha value is -2.17. The molecule has 2 aromatic heterocycles. The molecule has 5 heteroatoms. The van der Waals surface area contributed by atoms with Gasteiger partial charge in [0.05, 0.1) is 0 Å². The van der Waals surface area contributed by atoms with E-state index in [2.05, 4.69) is 26.8 Å². The van der Waals surface area contributed by atoms with Gasteiger partial charge in [-0.1, -0.05) is 12.2 Å². The summed E-state index contributed by atoms with van der Waals surface area (Å²) in [6, 6.07) is 0. The van der Waals surface area contributed by atoms with E-state index in [0.29, 0.717) is 12.2 Å². The minimum Gasteiger partial charge on any atom is -0.365 e. The van der Waals surface area contributed by atoms with Crippen LogP contribution in [0.2, 0.25) is 0 Å². The number of hydrogen-bond donors (Lipinski definition) is 1. The number of rotatable bonds is 4. The first-order valence-corrected chi connectivity index (χ1v) is 5.02. The van der Waals surface area contributed by atoms with Crippen molar-refractivity contribution in [2.45, 2.75) is 6.92 Å². The fourth-order valence-electron chi connectivity index (χ4n) is 1.45. The van der Waals surface area contributed by atoms with Gasteiger partial charge in [-0.3, -0.25) is 0 Å². The number of anilines is 1. The Morgan fingerprint density at radius 3 is 3.06 bits per heavy atom. The van der Waals surface area contributed by atoms with Crippen LogP contribution in [0.15, 0.2) is 31.4 Å². The molecule has 2 heterocycles.